The molecule has 0 aliphatic heterocycles. The molecular weight excluding hydrogens is 354 g/mol. The summed E-state index contributed by atoms with van der Waals surface area (Å²) in [5, 5.41) is 11.4. The van der Waals surface area contributed by atoms with Crippen molar-refractivity contribution in [2.75, 3.05) is 7.05 Å². The molecule has 2 rings (SSSR count). The van der Waals surface area contributed by atoms with Gasteiger partial charge in [0.1, 0.15) is 0 Å². The van der Waals surface area contributed by atoms with Gasteiger partial charge in [-0.2, -0.15) is 0 Å². The number of nitrogens with zero attached hydrogens (tertiary/aromatic N) is 1. The fourth-order valence-corrected chi connectivity index (χ4v) is 4.29. The lowest BCUT2D eigenvalue weighted by Crippen LogP contribution is -2.36. The van der Waals surface area contributed by atoms with Gasteiger partial charge in [0.25, 0.3) is 0 Å². The van der Waals surface area contributed by atoms with Gasteiger partial charge in [0, 0.05) is 13.6 Å². The van der Waals surface area contributed by atoms with Crippen molar-refractivity contribution in [2.24, 2.45) is 17.8 Å². The second-order valence-corrected chi connectivity index (χ2v) is 8.04. The molecule has 1 heterocycles. The number of carboxylic acid groups (broad SMARTS) is 1. The van der Waals surface area contributed by atoms with Gasteiger partial charge in [0.15, 0.2) is 0 Å². The Morgan fingerprint density at radius 2 is 2.10 bits per heavy atom. The summed E-state index contributed by atoms with van der Waals surface area (Å²) in [5.74, 6) is -1.43. The van der Waals surface area contributed by atoms with Crippen LogP contribution < -0.4 is 0 Å². The van der Waals surface area contributed by atoms with Crippen molar-refractivity contribution in [3.05, 3.63) is 20.8 Å². The number of rotatable bonds is 5. The molecule has 4 nitrogen and oxygen atoms in total. The molecule has 0 radical (unpaired) electrons. The van der Waals surface area contributed by atoms with E-state index in [1.807, 2.05) is 11.4 Å². The van der Waals surface area contributed by atoms with Crippen LogP contribution in [0.25, 0.3) is 0 Å². The summed E-state index contributed by atoms with van der Waals surface area (Å²) in [6.45, 7) is 2.59. The van der Waals surface area contributed by atoms with Gasteiger partial charge in [0.05, 0.1) is 15.6 Å². The first-order valence-electron chi connectivity index (χ1n) is 7.13. The molecule has 0 saturated heterocycles. The molecule has 0 aromatic carbocycles. The van der Waals surface area contributed by atoms with E-state index in [0.29, 0.717) is 25.3 Å². The zero-order valence-electron chi connectivity index (χ0n) is 12.2. The molecule has 1 aromatic rings. The van der Waals surface area contributed by atoms with Gasteiger partial charge < -0.3 is 10.0 Å². The highest BCUT2D eigenvalue weighted by Crippen LogP contribution is 2.39. The SMILES string of the molecule is CCC1CC(C(=O)O)C(C(=O)N(C)Cc2csc(Br)c2)C1. The summed E-state index contributed by atoms with van der Waals surface area (Å²) in [7, 11) is 1.76. The normalized spacial score (nSPS) is 25.0. The predicted octanol–water partition coefficient (Wildman–Crippen LogP) is 3.61. The Kier molecular flexibility index (Phi) is 5.43. The number of amides is 1. The van der Waals surface area contributed by atoms with Crippen molar-refractivity contribution < 1.29 is 14.7 Å². The summed E-state index contributed by atoms with van der Waals surface area (Å²) < 4.78 is 1.04. The van der Waals surface area contributed by atoms with E-state index < -0.39 is 11.9 Å². The van der Waals surface area contributed by atoms with Crippen LogP contribution in [0.15, 0.2) is 15.2 Å². The standard InChI is InChI=1S/C15H20BrNO3S/c1-3-9-4-11(12(5-9)15(19)20)14(18)17(2)7-10-6-13(16)21-8-10/h6,8-9,11-12H,3-5,7H2,1-2H3,(H,19,20). The van der Waals surface area contributed by atoms with Crippen LogP contribution in [-0.2, 0) is 16.1 Å². The van der Waals surface area contributed by atoms with Crippen LogP contribution in [0.4, 0.5) is 0 Å². The van der Waals surface area contributed by atoms with Crippen molar-refractivity contribution in [2.45, 2.75) is 32.7 Å². The molecule has 6 heteroatoms. The van der Waals surface area contributed by atoms with E-state index in [4.69, 9.17) is 0 Å². The Morgan fingerprint density at radius 1 is 1.43 bits per heavy atom. The maximum absolute atomic E-state index is 12.6. The molecule has 3 unspecified atom stereocenters. The summed E-state index contributed by atoms with van der Waals surface area (Å²) in [5.41, 5.74) is 1.07. The summed E-state index contributed by atoms with van der Waals surface area (Å²) in [6, 6.07) is 1.99. The Balaban J connectivity index is 2.05. The van der Waals surface area contributed by atoms with Gasteiger partial charge in [-0.15, -0.1) is 11.3 Å². The van der Waals surface area contributed by atoms with E-state index in [0.717, 1.165) is 15.8 Å². The maximum atomic E-state index is 12.6. The first kappa shape index (κ1) is 16.5. The topological polar surface area (TPSA) is 57.6 Å². The molecular formula is C15H20BrNO3S. The van der Waals surface area contributed by atoms with Crippen LogP contribution in [0, 0.1) is 17.8 Å². The molecule has 1 aliphatic rings. The Hall–Kier alpha value is -0.880. The summed E-state index contributed by atoms with van der Waals surface area (Å²) in [4.78, 5) is 25.6. The van der Waals surface area contributed by atoms with Gasteiger partial charge in [-0.3, -0.25) is 9.59 Å². The van der Waals surface area contributed by atoms with Gasteiger partial charge in [-0.1, -0.05) is 13.3 Å². The van der Waals surface area contributed by atoms with Crippen molar-refractivity contribution >= 4 is 39.1 Å². The quantitative estimate of drug-likeness (QED) is 0.857. The highest BCUT2D eigenvalue weighted by Gasteiger charge is 2.43. The molecule has 116 valence electrons. The molecule has 0 spiro atoms. The smallest absolute Gasteiger partial charge is 0.307 e. The fraction of sp³-hybridized carbons (Fsp3) is 0.600. The molecule has 21 heavy (non-hydrogen) atoms. The minimum atomic E-state index is -0.837. The number of hydrogen-bond acceptors (Lipinski definition) is 3. The van der Waals surface area contributed by atoms with E-state index >= 15 is 0 Å². The first-order valence-corrected chi connectivity index (χ1v) is 8.80. The lowest BCUT2D eigenvalue weighted by atomic mass is 9.95. The number of carbonyl (C=O) groups excluding carboxylic acids is 1. The van der Waals surface area contributed by atoms with Crippen LogP contribution in [-0.4, -0.2) is 28.9 Å². The van der Waals surface area contributed by atoms with Crippen molar-refractivity contribution in [1.29, 1.82) is 0 Å². The third kappa shape index (κ3) is 3.86. The predicted molar refractivity (Wildman–Crippen MR) is 86.1 cm³/mol. The molecule has 1 amide bonds. The number of thiophene rings is 1. The minimum absolute atomic E-state index is 0.0410. The molecule has 1 saturated carbocycles. The zero-order valence-corrected chi connectivity index (χ0v) is 14.6. The minimum Gasteiger partial charge on any atom is -0.481 e. The summed E-state index contributed by atoms with van der Waals surface area (Å²) >= 11 is 4.99. The Morgan fingerprint density at radius 3 is 2.62 bits per heavy atom. The van der Waals surface area contributed by atoms with Crippen LogP contribution in [0.5, 0.6) is 0 Å². The van der Waals surface area contributed by atoms with Crippen LogP contribution in [0.2, 0.25) is 0 Å². The third-order valence-corrected chi connectivity index (χ3v) is 5.84. The van der Waals surface area contributed by atoms with Crippen molar-refractivity contribution in [3.63, 3.8) is 0 Å². The summed E-state index contributed by atoms with van der Waals surface area (Å²) in [6.07, 6.45) is 2.26. The van der Waals surface area contributed by atoms with E-state index in [-0.39, 0.29) is 11.8 Å². The number of carbonyl (C=O) groups is 2. The van der Waals surface area contributed by atoms with Crippen LogP contribution in [0.1, 0.15) is 31.7 Å². The highest BCUT2D eigenvalue weighted by molar-refractivity contribution is 9.11. The molecule has 0 bridgehead atoms. The Bertz CT molecular complexity index is 531. The van der Waals surface area contributed by atoms with E-state index in [1.165, 1.54) is 0 Å². The lowest BCUT2D eigenvalue weighted by molar-refractivity contribution is -0.148. The molecule has 1 aromatic heterocycles. The fourth-order valence-electron chi connectivity index (χ4n) is 3.09. The average molecular weight is 374 g/mol. The van der Waals surface area contributed by atoms with Gasteiger partial charge in [0.2, 0.25) is 5.91 Å². The monoisotopic (exact) mass is 373 g/mol. The molecule has 1 fully saturated rings. The number of aliphatic carboxylic acids is 1. The highest BCUT2D eigenvalue weighted by atomic mass is 79.9. The van der Waals surface area contributed by atoms with Gasteiger partial charge >= 0.3 is 5.97 Å². The molecule has 3 atom stereocenters. The molecule has 1 aliphatic carbocycles. The average Bonchev–Trinajstić information content (AvgIpc) is 3.04. The van der Waals surface area contributed by atoms with Gasteiger partial charge in [-0.05, 0) is 51.7 Å². The second-order valence-electron chi connectivity index (χ2n) is 5.75. The number of carboxylic acids is 1. The van der Waals surface area contributed by atoms with Gasteiger partial charge in [-0.25, -0.2) is 0 Å². The Labute approximate surface area is 137 Å². The largest absolute Gasteiger partial charge is 0.481 e. The van der Waals surface area contributed by atoms with Crippen molar-refractivity contribution in [3.8, 4) is 0 Å². The van der Waals surface area contributed by atoms with Crippen LogP contribution >= 0.6 is 27.3 Å². The van der Waals surface area contributed by atoms with E-state index in [1.54, 1.807) is 23.3 Å². The third-order valence-electron chi connectivity index (χ3n) is 4.29. The van der Waals surface area contributed by atoms with E-state index in [9.17, 15) is 14.7 Å². The zero-order chi connectivity index (χ0) is 15.6. The van der Waals surface area contributed by atoms with Crippen LogP contribution in [0.3, 0.4) is 0 Å². The first-order chi connectivity index (χ1) is 9.92. The molecule has 1 N–H and O–H groups in total. The van der Waals surface area contributed by atoms with Crippen molar-refractivity contribution in [1.82, 2.24) is 4.90 Å². The number of halogens is 1. The van der Waals surface area contributed by atoms with E-state index in [2.05, 4.69) is 22.9 Å². The second kappa shape index (κ2) is 6.92. The lowest BCUT2D eigenvalue weighted by Gasteiger charge is -2.23. The maximum Gasteiger partial charge on any atom is 0.307 e. The number of hydrogen-bond donors (Lipinski definition) is 1.